The molecule has 0 aliphatic heterocycles. The van der Waals surface area contributed by atoms with E-state index in [2.05, 4.69) is 5.32 Å². The molecule has 0 saturated carbocycles. The Morgan fingerprint density at radius 2 is 1.68 bits per heavy atom. The van der Waals surface area contributed by atoms with Crippen molar-refractivity contribution >= 4 is 38.9 Å². The molecule has 0 unspecified atom stereocenters. The number of nitrogens with zero attached hydrogens (tertiary/aromatic N) is 1. The fourth-order valence-electron chi connectivity index (χ4n) is 2.70. The Hall–Kier alpha value is -3.17. The van der Waals surface area contributed by atoms with Crippen LogP contribution < -0.4 is 14.4 Å². The van der Waals surface area contributed by atoms with Gasteiger partial charge in [-0.25, -0.2) is 17.2 Å². The number of hydrogen-bond acceptors (Lipinski definition) is 4. The van der Waals surface area contributed by atoms with Crippen molar-refractivity contribution in [1.82, 2.24) is 0 Å². The lowest BCUT2D eigenvalue weighted by atomic mass is 10.2. The number of carbonyl (C=O) groups excluding carboxylic acids is 1. The molecule has 0 aliphatic carbocycles. The quantitative estimate of drug-likeness (QED) is 0.571. The van der Waals surface area contributed by atoms with Crippen LogP contribution in [0.4, 0.5) is 20.2 Å². The predicted octanol–water partition coefficient (Wildman–Crippen LogP) is 4.70. The zero-order chi connectivity index (χ0) is 22.8. The Bertz CT molecular complexity index is 1230. The zero-order valence-electron chi connectivity index (χ0n) is 16.4. The summed E-state index contributed by atoms with van der Waals surface area (Å²) in [6.07, 6.45) is 0. The molecule has 0 aromatic heterocycles. The first-order chi connectivity index (χ1) is 14.6. The predicted molar refractivity (Wildman–Crippen MR) is 114 cm³/mol. The molecule has 10 heteroatoms. The molecule has 162 valence electrons. The van der Waals surface area contributed by atoms with Gasteiger partial charge in [0.15, 0.2) is 11.6 Å². The third-order valence-corrected chi connectivity index (χ3v) is 6.57. The monoisotopic (exact) mass is 466 g/mol. The van der Waals surface area contributed by atoms with E-state index in [0.29, 0.717) is 11.4 Å². The Labute approximate surface area is 183 Å². The van der Waals surface area contributed by atoms with E-state index in [9.17, 15) is 22.0 Å². The molecule has 3 aromatic carbocycles. The van der Waals surface area contributed by atoms with Crippen LogP contribution >= 0.6 is 11.6 Å². The molecule has 0 spiro atoms. The largest absolute Gasteiger partial charge is 0.497 e. The summed E-state index contributed by atoms with van der Waals surface area (Å²) in [6, 6.07) is 12.9. The second kappa shape index (κ2) is 8.91. The van der Waals surface area contributed by atoms with Gasteiger partial charge in [0, 0.05) is 18.8 Å². The molecule has 6 nitrogen and oxygen atoms in total. The lowest BCUT2D eigenvalue weighted by molar-refractivity contribution is 0.102. The minimum Gasteiger partial charge on any atom is -0.497 e. The third kappa shape index (κ3) is 4.78. The minimum atomic E-state index is -4.03. The molecular formula is C21H17ClF2N2O4S. The van der Waals surface area contributed by atoms with Crippen LogP contribution in [0.1, 0.15) is 10.4 Å². The van der Waals surface area contributed by atoms with Crippen LogP contribution in [0.2, 0.25) is 5.02 Å². The van der Waals surface area contributed by atoms with Crippen molar-refractivity contribution in [2.24, 2.45) is 0 Å². The smallest absolute Gasteiger partial charge is 0.264 e. The van der Waals surface area contributed by atoms with Crippen LogP contribution in [0.15, 0.2) is 65.6 Å². The minimum absolute atomic E-state index is 0.00821. The Kier molecular flexibility index (Phi) is 6.47. The molecule has 0 radical (unpaired) electrons. The lowest BCUT2D eigenvalue weighted by Gasteiger charge is -2.20. The first kappa shape index (κ1) is 22.5. The highest BCUT2D eigenvalue weighted by molar-refractivity contribution is 7.92. The maximum absolute atomic E-state index is 13.4. The van der Waals surface area contributed by atoms with Crippen LogP contribution in [0.3, 0.4) is 0 Å². The summed E-state index contributed by atoms with van der Waals surface area (Å²) in [5.74, 6) is -2.41. The number of hydrogen-bond donors (Lipinski definition) is 1. The summed E-state index contributed by atoms with van der Waals surface area (Å²) in [5, 5.41) is 2.36. The fraction of sp³-hybridized carbons (Fsp3) is 0.0952. The van der Waals surface area contributed by atoms with Crippen molar-refractivity contribution in [1.29, 1.82) is 0 Å². The fourth-order valence-corrected chi connectivity index (χ4v) is 4.13. The van der Waals surface area contributed by atoms with Crippen molar-refractivity contribution in [3.8, 4) is 5.75 Å². The zero-order valence-corrected chi connectivity index (χ0v) is 18.0. The summed E-state index contributed by atoms with van der Waals surface area (Å²) in [6.45, 7) is 0. The maximum atomic E-state index is 13.4. The van der Waals surface area contributed by atoms with Gasteiger partial charge in [-0.15, -0.1) is 0 Å². The molecule has 0 bridgehead atoms. The highest BCUT2D eigenvalue weighted by Crippen LogP contribution is 2.27. The van der Waals surface area contributed by atoms with Gasteiger partial charge in [0.2, 0.25) is 0 Å². The van der Waals surface area contributed by atoms with Crippen LogP contribution in [-0.2, 0) is 10.0 Å². The van der Waals surface area contributed by atoms with Crippen molar-refractivity contribution in [2.75, 3.05) is 23.8 Å². The molecule has 3 aromatic rings. The van der Waals surface area contributed by atoms with Gasteiger partial charge >= 0.3 is 0 Å². The number of benzene rings is 3. The number of halogens is 3. The van der Waals surface area contributed by atoms with Crippen LogP contribution in [-0.4, -0.2) is 28.5 Å². The molecule has 0 aliphatic rings. The van der Waals surface area contributed by atoms with E-state index in [1.54, 1.807) is 24.3 Å². The second-order valence-electron chi connectivity index (χ2n) is 6.40. The first-order valence-electron chi connectivity index (χ1n) is 8.82. The Morgan fingerprint density at radius 3 is 2.29 bits per heavy atom. The molecule has 3 rings (SSSR count). The molecule has 1 amide bonds. The van der Waals surface area contributed by atoms with E-state index < -0.39 is 27.6 Å². The van der Waals surface area contributed by atoms with E-state index in [4.69, 9.17) is 16.3 Å². The topological polar surface area (TPSA) is 75.7 Å². The highest BCUT2D eigenvalue weighted by atomic mass is 35.5. The summed E-state index contributed by atoms with van der Waals surface area (Å²) in [7, 11) is -1.16. The SMILES string of the molecule is COc1ccc(N(C)S(=O)(=O)c2ccc(Cl)c(C(=O)Nc3ccc(F)c(F)c3)c2)cc1. The maximum Gasteiger partial charge on any atom is 0.264 e. The lowest BCUT2D eigenvalue weighted by Crippen LogP contribution is -2.27. The number of nitrogens with one attached hydrogen (secondary N) is 1. The van der Waals surface area contributed by atoms with E-state index in [1.165, 1.54) is 32.4 Å². The van der Waals surface area contributed by atoms with Crippen molar-refractivity contribution in [2.45, 2.75) is 4.90 Å². The van der Waals surface area contributed by atoms with Crippen molar-refractivity contribution in [3.63, 3.8) is 0 Å². The van der Waals surface area contributed by atoms with Gasteiger partial charge in [-0.2, -0.15) is 0 Å². The van der Waals surface area contributed by atoms with E-state index >= 15 is 0 Å². The Balaban J connectivity index is 1.91. The summed E-state index contributed by atoms with van der Waals surface area (Å²) < 4.78 is 58.7. The molecular weight excluding hydrogens is 450 g/mol. The highest BCUT2D eigenvalue weighted by Gasteiger charge is 2.24. The first-order valence-corrected chi connectivity index (χ1v) is 10.6. The van der Waals surface area contributed by atoms with Crippen molar-refractivity contribution < 1.29 is 26.7 Å². The third-order valence-electron chi connectivity index (χ3n) is 4.45. The average Bonchev–Trinajstić information content (AvgIpc) is 2.76. The molecule has 31 heavy (non-hydrogen) atoms. The van der Waals surface area contributed by atoms with Gasteiger partial charge in [0.1, 0.15) is 5.75 Å². The van der Waals surface area contributed by atoms with Crippen LogP contribution in [0.25, 0.3) is 0 Å². The number of sulfonamides is 1. The number of carbonyl (C=O) groups is 1. The number of methoxy groups -OCH3 is 1. The summed E-state index contributed by atoms with van der Waals surface area (Å²) in [4.78, 5) is 12.4. The second-order valence-corrected chi connectivity index (χ2v) is 8.77. The molecule has 0 saturated heterocycles. The molecule has 0 heterocycles. The van der Waals surface area contributed by atoms with Gasteiger partial charge in [0.05, 0.1) is 28.3 Å². The van der Waals surface area contributed by atoms with E-state index in [1.807, 2.05) is 0 Å². The van der Waals surface area contributed by atoms with Crippen LogP contribution in [0, 0.1) is 11.6 Å². The standard InChI is InChI=1S/C21H17ClF2N2O4S/c1-26(14-4-6-15(30-2)7-5-14)31(28,29)16-8-9-18(22)17(12-16)21(27)25-13-3-10-19(23)20(24)11-13/h3-12H,1-2H3,(H,25,27). The summed E-state index contributed by atoms with van der Waals surface area (Å²) in [5.41, 5.74) is 0.225. The van der Waals surface area contributed by atoms with Gasteiger partial charge < -0.3 is 10.1 Å². The summed E-state index contributed by atoms with van der Waals surface area (Å²) >= 11 is 6.08. The number of ether oxygens (including phenoxy) is 1. The number of anilines is 2. The van der Waals surface area contributed by atoms with E-state index in [-0.39, 0.29) is 21.2 Å². The Morgan fingerprint density at radius 1 is 1.00 bits per heavy atom. The molecule has 1 N–H and O–H groups in total. The number of amides is 1. The van der Waals surface area contributed by atoms with Crippen LogP contribution in [0.5, 0.6) is 5.75 Å². The normalized spacial score (nSPS) is 11.1. The number of rotatable bonds is 6. The van der Waals surface area contributed by atoms with Gasteiger partial charge in [-0.1, -0.05) is 11.6 Å². The van der Waals surface area contributed by atoms with Gasteiger partial charge in [0.25, 0.3) is 15.9 Å². The average molecular weight is 467 g/mol. The molecule has 0 fully saturated rings. The van der Waals surface area contributed by atoms with Gasteiger partial charge in [-0.3, -0.25) is 9.10 Å². The van der Waals surface area contributed by atoms with E-state index in [0.717, 1.165) is 22.5 Å². The van der Waals surface area contributed by atoms with Gasteiger partial charge in [-0.05, 0) is 54.6 Å². The molecule has 0 atom stereocenters. The van der Waals surface area contributed by atoms with Crippen molar-refractivity contribution in [3.05, 3.63) is 82.9 Å².